The van der Waals surface area contributed by atoms with E-state index in [-0.39, 0.29) is 11.7 Å². The molecule has 1 heterocycles. The molecule has 0 aromatic carbocycles. The maximum absolute atomic E-state index is 10.0. The summed E-state index contributed by atoms with van der Waals surface area (Å²) in [5.41, 5.74) is 0.0654. The first-order valence-corrected chi connectivity index (χ1v) is 6.82. The summed E-state index contributed by atoms with van der Waals surface area (Å²) >= 11 is 0. The van der Waals surface area contributed by atoms with Crippen molar-refractivity contribution in [2.45, 2.75) is 77.1 Å². The minimum Gasteiger partial charge on any atom is -0.393 e. The molecule has 16 heavy (non-hydrogen) atoms. The Labute approximate surface area is 99.4 Å². The van der Waals surface area contributed by atoms with Crippen LogP contribution in [-0.4, -0.2) is 22.9 Å². The van der Waals surface area contributed by atoms with E-state index in [2.05, 4.69) is 20.8 Å². The maximum Gasteiger partial charge on any atom is 0.0631 e. The van der Waals surface area contributed by atoms with Gasteiger partial charge in [0.05, 0.1) is 17.8 Å². The first kappa shape index (κ1) is 12.4. The Balaban J connectivity index is 1.84. The molecule has 2 heteroatoms. The minimum atomic E-state index is -0.0801. The summed E-state index contributed by atoms with van der Waals surface area (Å²) in [6.07, 6.45) is 7.07. The van der Waals surface area contributed by atoms with E-state index in [9.17, 15) is 5.11 Å². The molecule has 2 aliphatic rings. The highest BCUT2D eigenvalue weighted by atomic mass is 16.5. The summed E-state index contributed by atoms with van der Waals surface area (Å²) in [5.74, 6) is 1.26. The predicted octanol–water partition coefficient (Wildman–Crippen LogP) is 3.13. The van der Waals surface area contributed by atoms with Crippen LogP contribution in [-0.2, 0) is 4.74 Å². The van der Waals surface area contributed by atoms with E-state index in [1.54, 1.807) is 0 Å². The standard InChI is InChI=1S/C14H26O2/c1-10-4-5-13(15)11(8-10)9-12-6-7-14(2,3)16-12/h10-13,15H,4-9H2,1-3H3. The van der Waals surface area contributed by atoms with Gasteiger partial charge in [-0.1, -0.05) is 6.92 Å². The molecule has 0 spiro atoms. The molecule has 4 atom stereocenters. The second-order valence-electron chi connectivity index (χ2n) is 6.52. The zero-order chi connectivity index (χ0) is 11.8. The number of hydrogen-bond acceptors (Lipinski definition) is 2. The lowest BCUT2D eigenvalue weighted by molar-refractivity contribution is -0.0439. The van der Waals surface area contributed by atoms with Crippen molar-refractivity contribution in [1.29, 1.82) is 0 Å². The molecule has 1 aliphatic heterocycles. The molecule has 1 saturated heterocycles. The Morgan fingerprint density at radius 3 is 2.62 bits per heavy atom. The Morgan fingerprint density at radius 2 is 2.00 bits per heavy atom. The largest absolute Gasteiger partial charge is 0.393 e. The van der Waals surface area contributed by atoms with Gasteiger partial charge in [-0.3, -0.25) is 0 Å². The predicted molar refractivity (Wildman–Crippen MR) is 65.3 cm³/mol. The van der Waals surface area contributed by atoms with Gasteiger partial charge >= 0.3 is 0 Å². The van der Waals surface area contributed by atoms with Gasteiger partial charge in [0, 0.05) is 0 Å². The molecule has 0 radical (unpaired) electrons. The van der Waals surface area contributed by atoms with Crippen LogP contribution >= 0.6 is 0 Å². The zero-order valence-corrected chi connectivity index (χ0v) is 10.9. The lowest BCUT2D eigenvalue weighted by Crippen LogP contribution is -2.31. The van der Waals surface area contributed by atoms with Crippen molar-refractivity contribution in [1.82, 2.24) is 0 Å². The van der Waals surface area contributed by atoms with Crippen molar-refractivity contribution in [3.05, 3.63) is 0 Å². The fourth-order valence-corrected chi connectivity index (χ4v) is 3.32. The molecular formula is C14H26O2. The van der Waals surface area contributed by atoms with Crippen molar-refractivity contribution in [3.8, 4) is 0 Å². The van der Waals surface area contributed by atoms with Crippen molar-refractivity contribution in [2.75, 3.05) is 0 Å². The second kappa shape index (κ2) is 4.66. The van der Waals surface area contributed by atoms with Crippen LogP contribution in [0.25, 0.3) is 0 Å². The summed E-state index contributed by atoms with van der Waals surface area (Å²) in [5, 5.41) is 10.0. The molecule has 0 bridgehead atoms. The topological polar surface area (TPSA) is 29.5 Å². The Hall–Kier alpha value is -0.0800. The summed E-state index contributed by atoms with van der Waals surface area (Å²) in [6, 6.07) is 0. The van der Waals surface area contributed by atoms with Crippen LogP contribution in [0.15, 0.2) is 0 Å². The highest BCUT2D eigenvalue weighted by Gasteiger charge is 2.35. The molecular weight excluding hydrogens is 200 g/mol. The van der Waals surface area contributed by atoms with E-state index in [1.807, 2.05) is 0 Å². The third kappa shape index (κ3) is 2.98. The third-order valence-corrected chi connectivity index (χ3v) is 4.32. The Bertz CT molecular complexity index is 237. The van der Waals surface area contributed by atoms with Crippen molar-refractivity contribution >= 4 is 0 Å². The third-order valence-electron chi connectivity index (χ3n) is 4.32. The van der Waals surface area contributed by atoms with E-state index in [0.29, 0.717) is 12.0 Å². The monoisotopic (exact) mass is 226 g/mol. The quantitative estimate of drug-likeness (QED) is 0.784. The van der Waals surface area contributed by atoms with E-state index in [1.165, 1.54) is 19.3 Å². The van der Waals surface area contributed by atoms with Gasteiger partial charge < -0.3 is 9.84 Å². The van der Waals surface area contributed by atoms with Crippen LogP contribution in [0, 0.1) is 11.8 Å². The summed E-state index contributed by atoms with van der Waals surface area (Å²) < 4.78 is 6.02. The summed E-state index contributed by atoms with van der Waals surface area (Å²) in [6.45, 7) is 6.65. The van der Waals surface area contributed by atoms with E-state index in [4.69, 9.17) is 4.74 Å². The SMILES string of the molecule is CC1CCC(O)C(CC2CCC(C)(C)O2)C1. The van der Waals surface area contributed by atoms with Crippen LogP contribution in [0.3, 0.4) is 0 Å². The first-order valence-electron chi connectivity index (χ1n) is 6.82. The molecule has 1 N–H and O–H groups in total. The van der Waals surface area contributed by atoms with Crippen LogP contribution in [0.5, 0.6) is 0 Å². The number of hydrogen-bond donors (Lipinski definition) is 1. The highest BCUT2D eigenvalue weighted by molar-refractivity contribution is 4.86. The molecule has 0 aromatic rings. The number of aliphatic hydroxyl groups excluding tert-OH is 1. The van der Waals surface area contributed by atoms with E-state index < -0.39 is 0 Å². The normalized spacial score (nSPS) is 43.5. The number of rotatable bonds is 2. The first-order chi connectivity index (χ1) is 7.46. The van der Waals surface area contributed by atoms with Crippen molar-refractivity contribution < 1.29 is 9.84 Å². The Morgan fingerprint density at radius 1 is 1.25 bits per heavy atom. The molecule has 1 saturated carbocycles. The lowest BCUT2D eigenvalue weighted by atomic mass is 9.77. The van der Waals surface area contributed by atoms with Gasteiger partial charge in [0.1, 0.15) is 0 Å². The minimum absolute atomic E-state index is 0.0654. The highest BCUT2D eigenvalue weighted by Crippen LogP contribution is 2.37. The van der Waals surface area contributed by atoms with Crippen LogP contribution in [0.2, 0.25) is 0 Å². The van der Waals surface area contributed by atoms with Crippen LogP contribution in [0.1, 0.15) is 59.3 Å². The van der Waals surface area contributed by atoms with Crippen LogP contribution in [0.4, 0.5) is 0 Å². The maximum atomic E-state index is 10.0. The molecule has 2 fully saturated rings. The second-order valence-corrected chi connectivity index (χ2v) is 6.52. The van der Waals surface area contributed by atoms with Gasteiger partial charge in [-0.2, -0.15) is 0 Å². The fraction of sp³-hybridized carbons (Fsp3) is 1.00. The van der Waals surface area contributed by atoms with Gasteiger partial charge in [-0.15, -0.1) is 0 Å². The van der Waals surface area contributed by atoms with E-state index >= 15 is 0 Å². The molecule has 1 aliphatic carbocycles. The molecule has 2 rings (SSSR count). The van der Waals surface area contributed by atoms with Gasteiger partial charge in [-0.05, 0) is 64.2 Å². The smallest absolute Gasteiger partial charge is 0.0631 e. The average Bonchev–Trinajstić information content (AvgIpc) is 2.52. The van der Waals surface area contributed by atoms with E-state index in [0.717, 1.165) is 25.2 Å². The molecule has 4 unspecified atom stereocenters. The zero-order valence-electron chi connectivity index (χ0n) is 10.9. The lowest BCUT2D eigenvalue weighted by Gasteiger charge is -2.33. The molecule has 2 nitrogen and oxygen atoms in total. The molecule has 0 amide bonds. The Kier molecular flexibility index (Phi) is 3.60. The number of ether oxygens (including phenoxy) is 1. The number of aliphatic hydroxyl groups is 1. The summed E-state index contributed by atoms with van der Waals surface area (Å²) in [7, 11) is 0. The van der Waals surface area contributed by atoms with Gasteiger partial charge in [0.25, 0.3) is 0 Å². The van der Waals surface area contributed by atoms with Gasteiger partial charge in [-0.25, -0.2) is 0 Å². The average molecular weight is 226 g/mol. The van der Waals surface area contributed by atoms with Gasteiger partial charge in [0.2, 0.25) is 0 Å². The van der Waals surface area contributed by atoms with Gasteiger partial charge in [0.15, 0.2) is 0 Å². The summed E-state index contributed by atoms with van der Waals surface area (Å²) in [4.78, 5) is 0. The fourth-order valence-electron chi connectivity index (χ4n) is 3.32. The van der Waals surface area contributed by atoms with Crippen LogP contribution < -0.4 is 0 Å². The van der Waals surface area contributed by atoms with Crippen molar-refractivity contribution in [3.63, 3.8) is 0 Å². The molecule has 0 aromatic heterocycles. The van der Waals surface area contributed by atoms with Crippen molar-refractivity contribution in [2.24, 2.45) is 11.8 Å². The molecule has 94 valence electrons.